The molecule has 0 radical (unpaired) electrons. The van der Waals surface area contributed by atoms with E-state index in [2.05, 4.69) is 5.32 Å². The molecule has 0 spiro atoms. The molecule has 0 amide bonds. The molecule has 0 aromatic rings. The molecule has 0 rings (SSSR count). The second kappa shape index (κ2) is 10.8. The second-order valence-electron chi connectivity index (χ2n) is 2.50. The van der Waals surface area contributed by atoms with E-state index >= 15 is 0 Å². The van der Waals surface area contributed by atoms with E-state index in [4.69, 9.17) is 15.2 Å². The van der Waals surface area contributed by atoms with Gasteiger partial charge in [0.15, 0.2) is 0 Å². The predicted molar refractivity (Wildman–Crippen MR) is 49.2 cm³/mol. The molecule has 0 unspecified atom stereocenters. The molecule has 0 saturated heterocycles. The first-order chi connectivity index (χ1) is 5.91. The molecule has 0 bridgehead atoms. The number of nitrogens with two attached hydrogens (primary N) is 1. The summed E-state index contributed by atoms with van der Waals surface area (Å²) in [7, 11) is 1.67. The Morgan fingerprint density at radius 2 is 2.00 bits per heavy atom. The van der Waals surface area contributed by atoms with Crippen molar-refractivity contribution < 1.29 is 9.47 Å². The smallest absolute Gasteiger partial charge is 0.0700 e. The minimum Gasteiger partial charge on any atom is -0.382 e. The standard InChI is InChI=1S/C8H20N2O2/c1-11-7-8-12-6-5-10-4-2-3-9/h10H,2-9H2,1H3. The first-order valence-electron chi connectivity index (χ1n) is 4.39. The molecule has 4 nitrogen and oxygen atoms in total. The first-order valence-corrected chi connectivity index (χ1v) is 4.39. The van der Waals surface area contributed by atoms with Crippen molar-refractivity contribution in [2.45, 2.75) is 6.42 Å². The Hall–Kier alpha value is -0.160. The van der Waals surface area contributed by atoms with Gasteiger partial charge in [-0.2, -0.15) is 0 Å². The molecule has 0 saturated carbocycles. The summed E-state index contributed by atoms with van der Waals surface area (Å²) in [4.78, 5) is 0. The Morgan fingerprint density at radius 3 is 2.67 bits per heavy atom. The topological polar surface area (TPSA) is 56.5 Å². The van der Waals surface area contributed by atoms with Crippen LogP contribution in [0.25, 0.3) is 0 Å². The lowest BCUT2D eigenvalue weighted by atomic mass is 10.4. The van der Waals surface area contributed by atoms with Crippen molar-refractivity contribution in [3.05, 3.63) is 0 Å². The van der Waals surface area contributed by atoms with E-state index in [0.29, 0.717) is 13.2 Å². The molecule has 0 heterocycles. The van der Waals surface area contributed by atoms with Crippen LogP contribution in [0.1, 0.15) is 6.42 Å². The SMILES string of the molecule is COCCOCCNCCCN. The van der Waals surface area contributed by atoms with E-state index in [9.17, 15) is 0 Å². The van der Waals surface area contributed by atoms with Crippen molar-refractivity contribution in [1.29, 1.82) is 0 Å². The summed E-state index contributed by atoms with van der Waals surface area (Å²) in [5.74, 6) is 0. The van der Waals surface area contributed by atoms with Crippen molar-refractivity contribution in [1.82, 2.24) is 5.32 Å². The summed E-state index contributed by atoms with van der Waals surface area (Å²) in [5.41, 5.74) is 5.32. The minimum atomic E-state index is 0.669. The van der Waals surface area contributed by atoms with Crippen molar-refractivity contribution in [2.24, 2.45) is 5.73 Å². The van der Waals surface area contributed by atoms with Crippen molar-refractivity contribution in [3.63, 3.8) is 0 Å². The molecule has 0 fully saturated rings. The molecule has 0 aliphatic carbocycles. The van der Waals surface area contributed by atoms with Crippen molar-refractivity contribution in [3.8, 4) is 0 Å². The monoisotopic (exact) mass is 176 g/mol. The Bertz CT molecular complexity index is 71.5. The highest BCUT2D eigenvalue weighted by molar-refractivity contribution is 4.46. The summed E-state index contributed by atoms with van der Waals surface area (Å²) in [6, 6.07) is 0. The quantitative estimate of drug-likeness (QED) is 0.469. The van der Waals surface area contributed by atoms with Crippen LogP contribution >= 0.6 is 0 Å². The van der Waals surface area contributed by atoms with Crippen LogP contribution in [0.3, 0.4) is 0 Å². The van der Waals surface area contributed by atoms with Gasteiger partial charge in [0.25, 0.3) is 0 Å². The van der Waals surface area contributed by atoms with Gasteiger partial charge in [0.05, 0.1) is 19.8 Å². The fraction of sp³-hybridized carbons (Fsp3) is 1.00. The fourth-order valence-corrected chi connectivity index (χ4v) is 0.741. The number of nitrogens with one attached hydrogen (secondary N) is 1. The van der Waals surface area contributed by atoms with Gasteiger partial charge < -0.3 is 20.5 Å². The number of methoxy groups -OCH3 is 1. The largest absolute Gasteiger partial charge is 0.382 e. The normalized spacial score (nSPS) is 10.5. The van der Waals surface area contributed by atoms with E-state index in [1.165, 1.54) is 0 Å². The van der Waals surface area contributed by atoms with Crippen LogP contribution in [-0.4, -0.2) is 46.6 Å². The van der Waals surface area contributed by atoms with E-state index in [0.717, 1.165) is 32.7 Å². The van der Waals surface area contributed by atoms with Crippen LogP contribution in [0.5, 0.6) is 0 Å². The summed E-state index contributed by atoms with van der Waals surface area (Å²) in [5, 5.41) is 3.22. The van der Waals surface area contributed by atoms with Crippen molar-refractivity contribution >= 4 is 0 Å². The van der Waals surface area contributed by atoms with E-state index < -0.39 is 0 Å². The van der Waals surface area contributed by atoms with E-state index in [1.807, 2.05) is 0 Å². The zero-order chi connectivity index (χ0) is 9.07. The first kappa shape index (κ1) is 11.8. The third-order valence-electron chi connectivity index (χ3n) is 1.41. The molecule has 4 heteroatoms. The molecule has 12 heavy (non-hydrogen) atoms. The van der Waals surface area contributed by atoms with Crippen LogP contribution in [0, 0.1) is 0 Å². The lowest BCUT2D eigenvalue weighted by molar-refractivity contribution is 0.0720. The summed E-state index contributed by atoms with van der Waals surface area (Å²) >= 11 is 0. The van der Waals surface area contributed by atoms with E-state index in [1.54, 1.807) is 7.11 Å². The highest BCUT2D eigenvalue weighted by atomic mass is 16.5. The summed E-state index contributed by atoms with van der Waals surface area (Å²) < 4.78 is 10.1. The number of ether oxygens (including phenoxy) is 2. The molecular formula is C8H20N2O2. The molecule has 0 aliphatic heterocycles. The van der Waals surface area contributed by atoms with Gasteiger partial charge in [0.2, 0.25) is 0 Å². The molecule has 0 aromatic heterocycles. The predicted octanol–water partition coefficient (Wildman–Crippen LogP) is -0.412. The summed E-state index contributed by atoms with van der Waals surface area (Å²) in [6.45, 7) is 4.71. The zero-order valence-electron chi connectivity index (χ0n) is 7.84. The van der Waals surface area contributed by atoms with Gasteiger partial charge in [-0.25, -0.2) is 0 Å². The maximum atomic E-state index is 5.32. The Balaban J connectivity index is 2.73. The molecule has 0 aliphatic rings. The third-order valence-corrected chi connectivity index (χ3v) is 1.41. The van der Waals surface area contributed by atoms with Gasteiger partial charge in [0.1, 0.15) is 0 Å². The van der Waals surface area contributed by atoms with Gasteiger partial charge >= 0.3 is 0 Å². The van der Waals surface area contributed by atoms with Gasteiger partial charge in [-0.1, -0.05) is 0 Å². The molecule has 0 aromatic carbocycles. The lowest BCUT2D eigenvalue weighted by Crippen LogP contribution is -2.23. The fourth-order valence-electron chi connectivity index (χ4n) is 0.741. The Kier molecular flexibility index (Phi) is 10.7. The zero-order valence-corrected chi connectivity index (χ0v) is 7.84. The number of rotatable bonds is 9. The van der Waals surface area contributed by atoms with Crippen molar-refractivity contribution in [2.75, 3.05) is 46.6 Å². The van der Waals surface area contributed by atoms with E-state index in [-0.39, 0.29) is 0 Å². The molecule has 3 N–H and O–H groups in total. The lowest BCUT2D eigenvalue weighted by Gasteiger charge is -2.04. The Morgan fingerprint density at radius 1 is 1.17 bits per heavy atom. The van der Waals surface area contributed by atoms with Gasteiger partial charge in [-0.3, -0.25) is 0 Å². The maximum Gasteiger partial charge on any atom is 0.0700 e. The van der Waals surface area contributed by atoms with Crippen LogP contribution in [-0.2, 0) is 9.47 Å². The number of hydrogen-bond acceptors (Lipinski definition) is 4. The number of hydrogen-bond donors (Lipinski definition) is 2. The highest BCUT2D eigenvalue weighted by Gasteiger charge is 1.87. The van der Waals surface area contributed by atoms with Gasteiger partial charge in [-0.15, -0.1) is 0 Å². The minimum absolute atomic E-state index is 0.669. The average Bonchev–Trinajstić information content (AvgIpc) is 2.10. The van der Waals surface area contributed by atoms with Gasteiger partial charge in [-0.05, 0) is 19.5 Å². The molecule has 0 atom stereocenters. The van der Waals surface area contributed by atoms with Crippen LogP contribution in [0.15, 0.2) is 0 Å². The van der Waals surface area contributed by atoms with Gasteiger partial charge in [0, 0.05) is 13.7 Å². The highest BCUT2D eigenvalue weighted by Crippen LogP contribution is 1.75. The maximum absolute atomic E-state index is 5.32. The Labute approximate surface area is 74.4 Å². The summed E-state index contributed by atoms with van der Waals surface area (Å²) in [6.07, 6.45) is 1.03. The average molecular weight is 176 g/mol. The van der Waals surface area contributed by atoms with Crippen LogP contribution in [0.2, 0.25) is 0 Å². The molecule has 74 valence electrons. The van der Waals surface area contributed by atoms with Crippen LogP contribution < -0.4 is 11.1 Å². The second-order valence-corrected chi connectivity index (χ2v) is 2.50. The third kappa shape index (κ3) is 9.84. The molecular weight excluding hydrogens is 156 g/mol. The van der Waals surface area contributed by atoms with Crippen LogP contribution in [0.4, 0.5) is 0 Å².